The van der Waals surface area contributed by atoms with Crippen molar-refractivity contribution in [2.75, 3.05) is 16.8 Å². The van der Waals surface area contributed by atoms with Crippen LogP contribution in [0.5, 0.6) is 0 Å². The lowest BCUT2D eigenvalue weighted by atomic mass is 10.1. The van der Waals surface area contributed by atoms with Gasteiger partial charge in [-0.25, -0.2) is 9.78 Å². The average molecular weight is 322 g/mol. The molecule has 1 aromatic carbocycles. The Labute approximate surface area is 137 Å². The molecule has 0 saturated heterocycles. The van der Waals surface area contributed by atoms with Crippen molar-refractivity contribution < 1.29 is 4.79 Å². The molecular weight excluding hydrogens is 308 g/mol. The van der Waals surface area contributed by atoms with Gasteiger partial charge in [-0.05, 0) is 23.8 Å². The number of carbonyl (C=O) groups excluding carboxylic acids is 1. The van der Waals surface area contributed by atoms with Crippen molar-refractivity contribution in [3.05, 3.63) is 59.6 Å². The number of para-hydroxylation sites is 1. The number of hydrogen-bond donors (Lipinski definition) is 0. The summed E-state index contributed by atoms with van der Waals surface area (Å²) in [6, 6.07) is 13.6. The van der Waals surface area contributed by atoms with Crippen molar-refractivity contribution >= 4 is 28.9 Å². The predicted molar refractivity (Wildman–Crippen MR) is 91.8 cm³/mol. The molecule has 0 radical (unpaired) electrons. The van der Waals surface area contributed by atoms with Crippen LogP contribution < -0.4 is 9.80 Å². The Bertz CT molecular complexity index is 862. The van der Waals surface area contributed by atoms with Crippen LogP contribution in [0, 0.1) is 0 Å². The van der Waals surface area contributed by atoms with Gasteiger partial charge < -0.3 is 0 Å². The third kappa shape index (κ3) is 2.37. The molecule has 0 atom stereocenters. The molecule has 2 aromatic heterocycles. The van der Waals surface area contributed by atoms with Crippen LogP contribution in [0.4, 0.5) is 16.3 Å². The van der Waals surface area contributed by atoms with Crippen LogP contribution in [0.25, 0.3) is 10.7 Å². The zero-order valence-corrected chi connectivity index (χ0v) is 13.3. The minimum atomic E-state index is -0.0680. The molecule has 114 valence electrons. The van der Waals surface area contributed by atoms with Crippen LogP contribution in [0.3, 0.4) is 0 Å². The first-order valence-electron chi connectivity index (χ1n) is 7.24. The summed E-state index contributed by atoms with van der Waals surface area (Å²) >= 11 is 1.49. The first-order valence-corrected chi connectivity index (χ1v) is 8.12. The fourth-order valence-corrected chi connectivity index (χ4v) is 3.45. The molecule has 4 rings (SSSR count). The number of fused-ring (bicyclic) bond motifs is 1. The quantitative estimate of drug-likeness (QED) is 0.721. The van der Waals surface area contributed by atoms with Crippen molar-refractivity contribution in [1.82, 2.24) is 9.97 Å². The monoisotopic (exact) mass is 322 g/mol. The number of thiazole rings is 1. The van der Waals surface area contributed by atoms with Gasteiger partial charge in [-0.2, -0.15) is 0 Å². The number of anilines is 2. The number of pyridine rings is 1. The number of urea groups is 1. The van der Waals surface area contributed by atoms with E-state index in [1.165, 1.54) is 11.3 Å². The fraction of sp³-hybridized carbons (Fsp3) is 0.118. The summed E-state index contributed by atoms with van der Waals surface area (Å²) in [5.41, 5.74) is 2.89. The van der Waals surface area contributed by atoms with Crippen molar-refractivity contribution in [2.45, 2.75) is 6.54 Å². The Balaban J connectivity index is 1.69. The van der Waals surface area contributed by atoms with Gasteiger partial charge >= 0.3 is 6.03 Å². The molecule has 0 N–H and O–H groups in total. The molecule has 0 unspecified atom stereocenters. The van der Waals surface area contributed by atoms with Gasteiger partial charge in [-0.15, -0.1) is 11.3 Å². The van der Waals surface area contributed by atoms with E-state index in [0.29, 0.717) is 12.4 Å². The summed E-state index contributed by atoms with van der Waals surface area (Å²) in [6.07, 6.45) is 1.74. The molecule has 0 aliphatic carbocycles. The molecule has 0 bridgehead atoms. The molecule has 0 fully saturated rings. The van der Waals surface area contributed by atoms with Crippen molar-refractivity contribution in [3.8, 4) is 10.7 Å². The summed E-state index contributed by atoms with van der Waals surface area (Å²) in [5.74, 6) is 0.669. The van der Waals surface area contributed by atoms with Gasteiger partial charge in [-0.3, -0.25) is 14.8 Å². The maximum absolute atomic E-state index is 12.6. The molecule has 3 heterocycles. The summed E-state index contributed by atoms with van der Waals surface area (Å²) < 4.78 is 0. The summed E-state index contributed by atoms with van der Waals surface area (Å²) in [7, 11) is 1.79. The van der Waals surface area contributed by atoms with Crippen molar-refractivity contribution in [3.63, 3.8) is 0 Å². The van der Waals surface area contributed by atoms with E-state index in [0.717, 1.165) is 22.0 Å². The molecule has 1 aliphatic rings. The van der Waals surface area contributed by atoms with Gasteiger partial charge in [0.2, 0.25) is 0 Å². The molecule has 5 nitrogen and oxygen atoms in total. The third-order valence-corrected chi connectivity index (χ3v) is 4.70. The normalized spacial score (nSPS) is 14.0. The lowest BCUT2D eigenvalue weighted by Crippen LogP contribution is -2.45. The number of nitrogens with zero attached hydrogens (tertiary/aromatic N) is 4. The molecule has 3 aromatic rings. The molecule has 0 saturated carbocycles. The summed E-state index contributed by atoms with van der Waals surface area (Å²) in [5, 5.41) is 2.72. The highest BCUT2D eigenvalue weighted by atomic mass is 32.1. The highest BCUT2D eigenvalue weighted by Crippen LogP contribution is 2.33. The topological polar surface area (TPSA) is 49.3 Å². The molecule has 2 amide bonds. The maximum Gasteiger partial charge on any atom is 0.330 e. The van der Waals surface area contributed by atoms with Gasteiger partial charge in [0.05, 0.1) is 17.9 Å². The Kier molecular flexibility index (Phi) is 3.31. The lowest BCUT2D eigenvalue weighted by molar-refractivity contribution is 0.251. The van der Waals surface area contributed by atoms with E-state index in [4.69, 9.17) is 0 Å². The van der Waals surface area contributed by atoms with E-state index >= 15 is 0 Å². The zero-order valence-electron chi connectivity index (χ0n) is 12.5. The first-order chi connectivity index (χ1) is 11.2. The third-order valence-electron chi connectivity index (χ3n) is 3.85. The largest absolute Gasteiger partial charge is 0.330 e. The predicted octanol–water partition coefficient (Wildman–Crippen LogP) is 3.78. The van der Waals surface area contributed by atoms with E-state index in [2.05, 4.69) is 9.97 Å². The van der Waals surface area contributed by atoms with Gasteiger partial charge in [0.15, 0.2) is 0 Å². The first kappa shape index (κ1) is 13.9. The van der Waals surface area contributed by atoms with Gasteiger partial charge in [0.1, 0.15) is 10.8 Å². The Morgan fingerprint density at radius 1 is 1.13 bits per heavy atom. The highest BCUT2D eigenvalue weighted by molar-refractivity contribution is 7.13. The average Bonchev–Trinajstić information content (AvgIpc) is 3.09. The van der Waals surface area contributed by atoms with Crippen LogP contribution in [0.15, 0.2) is 54.0 Å². The maximum atomic E-state index is 12.6. The number of carbonyl (C=O) groups is 1. The molecule has 1 aliphatic heterocycles. The Hall–Kier alpha value is -2.73. The highest BCUT2D eigenvalue weighted by Gasteiger charge is 2.29. The van der Waals surface area contributed by atoms with Gasteiger partial charge in [-0.1, -0.05) is 24.3 Å². The smallest absolute Gasteiger partial charge is 0.297 e. The second-order valence-corrected chi connectivity index (χ2v) is 6.14. The van der Waals surface area contributed by atoms with Gasteiger partial charge in [0.25, 0.3) is 0 Å². The van der Waals surface area contributed by atoms with E-state index in [1.807, 2.05) is 47.8 Å². The van der Waals surface area contributed by atoms with Crippen LogP contribution >= 0.6 is 11.3 Å². The second kappa shape index (κ2) is 5.48. The number of amides is 2. The summed E-state index contributed by atoms with van der Waals surface area (Å²) in [4.78, 5) is 24.9. The van der Waals surface area contributed by atoms with Crippen molar-refractivity contribution in [1.29, 1.82) is 0 Å². The van der Waals surface area contributed by atoms with Crippen LogP contribution in [0.1, 0.15) is 5.56 Å². The lowest BCUT2D eigenvalue weighted by Gasteiger charge is -2.33. The molecular formula is C17H14N4OS. The number of aromatic nitrogens is 2. The van der Waals surface area contributed by atoms with Crippen LogP contribution in [-0.4, -0.2) is 23.0 Å². The zero-order chi connectivity index (χ0) is 15.8. The Morgan fingerprint density at radius 3 is 2.78 bits per heavy atom. The van der Waals surface area contributed by atoms with E-state index in [9.17, 15) is 4.79 Å². The minimum Gasteiger partial charge on any atom is -0.297 e. The van der Waals surface area contributed by atoms with Gasteiger partial charge in [0, 0.05) is 18.6 Å². The standard InChI is InChI=1S/C17H14N4OS/c1-20-14-8-3-2-6-12(14)10-21(17(20)22)15-11-23-16(19-15)13-7-4-5-9-18-13/h2-9,11H,10H2,1H3. The minimum absolute atomic E-state index is 0.0680. The molecule has 23 heavy (non-hydrogen) atoms. The van der Waals surface area contributed by atoms with Crippen LogP contribution in [0.2, 0.25) is 0 Å². The SMILES string of the molecule is CN1C(=O)N(c2csc(-c3ccccn3)n2)Cc2ccccc21. The number of rotatable bonds is 2. The van der Waals surface area contributed by atoms with E-state index < -0.39 is 0 Å². The number of hydrogen-bond acceptors (Lipinski definition) is 4. The van der Waals surface area contributed by atoms with E-state index in [1.54, 1.807) is 23.0 Å². The van der Waals surface area contributed by atoms with Crippen LogP contribution in [-0.2, 0) is 6.54 Å². The second-order valence-electron chi connectivity index (χ2n) is 5.28. The van der Waals surface area contributed by atoms with Crippen molar-refractivity contribution in [2.24, 2.45) is 0 Å². The number of benzene rings is 1. The fourth-order valence-electron chi connectivity index (χ4n) is 2.67. The summed E-state index contributed by atoms with van der Waals surface area (Å²) in [6.45, 7) is 0.532. The van der Waals surface area contributed by atoms with E-state index in [-0.39, 0.29) is 6.03 Å². The Morgan fingerprint density at radius 2 is 1.96 bits per heavy atom. The molecule has 6 heteroatoms. The molecule has 0 spiro atoms.